The van der Waals surface area contributed by atoms with E-state index in [9.17, 15) is 9.59 Å². The first-order valence-corrected chi connectivity index (χ1v) is 13.3. The van der Waals surface area contributed by atoms with E-state index in [1.807, 2.05) is 0 Å². The third-order valence-electron chi connectivity index (χ3n) is 8.50. The summed E-state index contributed by atoms with van der Waals surface area (Å²) < 4.78 is 12.3. The van der Waals surface area contributed by atoms with Crippen molar-refractivity contribution in [1.82, 2.24) is 25.3 Å². The molecule has 2 aliphatic carbocycles. The Morgan fingerprint density at radius 2 is 2.00 bits per heavy atom. The summed E-state index contributed by atoms with van der Waals surface area (Å²) in [7, 11) is 2.12. The molecule has 2 aromatic rings. The number of likely N-dealkylation sites (N-methyl/N-ethyl adjacent to an activating group) is 1. The Morgan fingerprint density at radius 3 is 2.75 bits per heavy atom. The molecule has 2 amide bonds. The number of nitrogens with zero attached hydrogens (tertiary/aromatic N) is 5. The van der Waals surface area contributed by atoms with Gasteiger partial charge in [0.25, 0.3) is 0 Å². The van der Waals surface area contributed by atoms with Crippen molar-refractivity contribution in [3.8, 4) is 17.4 Å². The average Bonchev–Trinajstić information content (AvgIpc) is 3.61. The summed E-state index contributed by atoms with van der Waals surface area (Å²) in [6, 6.07) is 1.85. The molecule has 36 heavy (non-hydrogen) atoms. The van der Waals surface area contributed by atoms with Crippen molar-refractivity contribution in [1.29, 1.82) is 0 Å². The molecule has 4 heterocycles. The standard InChI is InChI=1S/C26H34N6O4/c1-16(18-8-6-13-31(18)2)35-21-15-20(32-14-12-27-25(32)34)28-24(29-21)22-17-7-5-11-26(23(17)36-30-22)10-4-3-9-19(26)33/h15-16,18H,3-14H2,1-2H3,(H,27,34)/t16-,18-,26+/m0/s1. The lowest BCUT2D eigenvalue weighted by molar-refractivity contribution is -0.128. The average molecular weight is 495 g/mol. The minimum absolute atomic E-state index is 0.0742. The van der Waals surface area contributed by atoms with Crippen LogP contribution >= 0.6 is 0 Å². The number of nitrogens with one attached hydrogen (secondary N) is 1. The summed E-state index contributed by atoms with van der Waals surface area (Å²) in [6.45, 7) is 4.19. The van der Waals surface area contributed by atoms with Crippen LogP contribution in [-0.2, 0) is 16.6 Å². The van der Waals surface area contributed by atoms with Gasteiger partial charge >= 0.3 is 6.03 Å². The maximum Gasteiger partial charge on any atom is 0.323 e. The first kappa shape index (κ1) is 23.4. The van der Waals surface area contributed by atoms with Gasteiger partial charge in [-0.2, -0.15) is 4.98 Å². The number of Topliss-reactive ketones (excluding diaryl/α,β-unsaturated/α-hetero) is 1. The number of carbonyl (C=O) groups is 2. The van der Waals surface area contributed by atoms with Gasteiger partial charge < -0.3 is 14.6 Å². The highest BCUT2D eigenvalue weighted by molar-refractivity contribution is 5.93. The van der Waals surface area contributed by atoms with Crippen molar-refractivity contribution in [3.63, 3.8) is 0 Å². The molecule has 1 spiro atoms. The van der Waals surface area contributed by atoms with Gasteiger partial charge in [0, 0.05) is 37.2 Å². The molecule has 6 rings (SSSR count). The Hall–Kier alpha value is -3.01. The minimum Gasteiger partial charge on any atom is -0.473 e. The second kappa shape index (κ2) is 9.14. The summed E-state index contributed by atoms with van der Waals surface area (Å²) in [5.41, 5.74) is 0.915. The summed E-state index contributed by atoms with van der Waals surface area (Å²) in [5.74, 6) is 2.23. The number of anilines is 1. The van der Waals surface area contributed by atoms with Gasteiger partial charge in [0.1, 0.15) is 17.7 Å². The quantitative estimate of drug-likeness (QED) is 0.674. The highest BCUT2D eigenvalue weighted by Gasteiger charge is 2.48. The predicted octanol–water partition coefficient (Wildman–Crippen LogP) is 3.24. The smallest absolute Gasteiger partial charge is 0.323 e. The normalized spacial score (nSPS) is 27.4. The zero-order chi connectivity index (χ0) is 24.9. The second-order valence-corrected chi connectivity index (χ2v) is 10.7. The Balaban J connectivity index is 1.39. The van der Waals surface area contributed by atoms with Crippen LogP contribution in [0.4, 0.5) is 10.6 Å². The number of hydrogen-bond donors (Lipinski definition) is 1. The monoisotopic (exact) mass is 494 g/mol. The van der Waals surface area contributed by atoms with Gasteiger partial charge in [0.15, 0.2) is 17.3 Å². The molecule has 0 unspecified atom stereocenters. The van der Waals surface area contributed by atoms with E-state index < -0.39 is 5.41 Å². The van der Waals surface area contributed by atoms with E-state index in [0.29, 0.717) is 54.5 Å². The van der Waals surface area contributed by atoms with Gasteiger partial charge in [-0.1, -0.05) is 11.6 Å². The maximum atomic E-state index is 13.1. The molecule has 1 saturated carbocycles. The number of likely N-dealkylation sites (tertiary alicyclic amines) is 1. The van der Waals surface area contributed by atoms with E-state index in [2.05, 4.69) is 29.3 Å². The summed E-state index contributed by atoms with van der Waals surface area (Å²) in [6.07, 6.45) is 7.98. The lowest BCUT2D eigenvalue weighted by atomic mass is 9.64. The Morgan fingerprint density at radius 1 is 1.14 bits per heavy atom. The molecule has 192 valence electrons. The van der Waals surface area contributed by atoms with Crippen LogP contribution < -0.4 is 15.0 Å². The third-order valence-corrected chi connectivity index (χ3v) is 8.50. The first-order chi connectivity index (χ1) is 17.5. The Bertz CT molecular complexity index is 1180. The zero-order valence-corrected chi connectivity index (χ0v) is 21.1. The van der Waals surface area contributed by atoms with Gasteiger partial charge in [0.2, 0.25) is 5.88 Å². The molecule has 0 radical (unpaired) electrons. The summed E-state index contributed by atoms with van der Waals surface area (Å²) in [5, 5.41) is 7.25. The number of amides is 2. The number of urea groups is 1. The van der Waals surface area contributed by atoms with Crippen LogP contribution in [0.2, 0.25) is 0 Å². The molecule has 3 fully saturated rings. The van der Waals surface area contributed by atoms with Gasteiger partial charge in [-0.25, -0.2) is 9.78 Å². The summed E-state index contributed by atoms with van der Waals surface area (Å²) >= 11 is 0. The zero-order valence-electron chi connectivity index (χ0n) is 21.1. The molecule has 2 saturated heterocycles. The third kappa shape index (κ3) is 3.86. The van der Waals surface area contributed by atoms with Crippen molar-refractivity contribution in [2.45, 2.75) is 82.3 Å². The van der Waals surface area contributed by atoms with Crippen molar-refractivity contribution < 1.29 is 18.8 Å². The molecule has 0 bridgehead atoms. The number of hydrogen-bond acceptors (Lipinski definition) is 8. The van der Waals surface area contributed by atoms with Gasteiger partial charge in [0.05, 0.1) is 5.41 Å². The van der Waals surface area contributed by atoms with Crippen LogP contribution in [0.5, 0.6) is 5.88 Å². The first-order valence-electron chi connectivity index (χ1n) is 13.3. The SMILES string of the molecule is C[C@H](Oc1cc(N2CCNC2=O)nc(-c2noc3c2CCC[C@@]32CCCCC2=O)n1)[C@@H]1CCCN1C. The highest BCUT2D eigenvalue weighted by Crippen LogP contribution is 2.47. The van der Waals surface area contributed by atoms with Crippen LogP contribution in [0.15, 0.2) is 10.6 Å². The largest absolute Gasteiger partial charge is 0.473 e. The molecule has 1 N–H and O–H groups in total. The number of ketones is 1. The fourth-order valence-electron chi connectivity index (χ4n) is 6.57. The van der Waals surface area contributed by atoms with Gasteiger partial charge in [-0.05, 0) is 65.5 Å². The Kier molecular flexibility index (Phi) is 5.94. The Labute approximate surface area is 210 Å². The number of carbonyl (C=O) groups excluding carboxylic acids is 2. The number of rotatable bonds is 5. The van der Waals surface area contributed by atoms with Crippen molar-refractivity contribution >= 4 is 17.6 Å². The molecule has 3 atom stereocenters. The lowest BCUT2D eigenvalue weighted by Crippen LogP contribution is -2.41. The summed E-state index contributed by atoms with van der Waals surface area (Å²) in [4.78, 5) is 39.0. The fraction of sp³-hybridized carbons (Fsp3) is 0.654. The number of ether oxygens (including phenoxy) is 1. The molecule has 4 aliphatic rings. The molecular weight excluding hydrogens is 460 g/mol. The van der Waals surface area contributed by atoms with E-state index >= 15 is 0 Å². The van der Waals surface area contributed by atoms with Crippen LogP contribution in [0.1, 0.15) is 69.6 Å². The van der Waals surface area contributed by atoms with Crippen molar-refractivity contribution in [2.24, 2.45) is 0 Å². The van der Waals surface area contributed by atoms with Crippen LogP contribution in [-0.4, -0.2) is 70.7 Å². The van der Waals surface area contributed by atoms with Gasteiger partial charge in [-0.15, -0.1) is 0 Å². The molecule has 10 nitrogen and oxygen atoms in total. The van der Waals surface area contributed by atoms with E-state index in [1.54, 1.807) is 11.0 Å². The minimum atomic E-state index is -0.565. The highest BCUT2D eigenvalue weighted by atomic mass is 16.5. The van der Waals surface area contributed by atoms with Crippen molar-refractivity contribution in [2.75, 3.05) is 31.6 Å². The maximum absolute atomic E-state index is 13.1. The van der Waals surface area contributed by atoms with E-state index in [1.165, 1.54) is 0 Å². The van der Waals surface area contributed by atoms with Crippen LogP contribution in [0.3, 0.4) is 0 Å². The molecule has 2 aliphatic heterocycles. The number of aromatic nitrogens is 3. The molecule has 10 heteroatoms. The fourth-order valence-corrected chi connectivity index (χ4v) is 6.57. The molecule has 2 aromatic heterocycles. The van der Waals surface area contributed by atoms with E-state index in [-0.39, 0.29) is 17.9 Å². The topological polar surface area (TPSA) is 114 Å². The second-order valence-electron chi connectivity index (χ2n) is 10.7. The number of fused-ring (bicyclic) bond motifs is 2. The van der Waals surface area contributed by atoms with E-state index in [0.717, 1.165) is 63.5 Å². The van der Waals surface area contributed by atoms with Crippen LogP contribution in [0.25, 0.3) is 11.5 Å². The van der Waals surface area contributed by atoms with Crippen LogP contribution in [0, 0.1) is 0 Å². The molecular formula is C26H34N6O4. The lowest BCUT2D eigenvalue weighted by Gasteiger charge is -2.36. The van der Waals surface area contributed by atoms with Gasteiger partial charge in [-0.3, -0.25) is 14.6 Å². The van der Waals surface area contributed by atoms with E-state index in [4.69, 9.17) is 19.2 Å². The van der Waals surface area contributed by atoms with Crippen molar-refractivity contribution in [3.05, 3.63) is 17.4 Å². The molecule has 0 aromatic carbocycles. The predicted molar refractivity (Wildman–Crippen MR) is 132 cm³/mol.